The lowest BCUT2D eigenvalue weighted by molar-refractivity contribution is -0.137. The lowest BCUT2D eigenvalue weighted by Crippen LogP contribution is -2.71. The van der Waals surface area contributed by atoms with Crippen molar-refractivity contribution in [2.24, 2.45) is 0 Å². The smallest absolute Gasteiger partial charge is 0.328 e. The normalized spacial score (nSPS) is 16.4. The summed E-state index contributed by atoms with van der Waals surface area (Å²) in [5.74, 6) is 0.328. The Bertz CT molecular complexity index is 1510. The summed E-state index contributed by atoms with van der Waals surface area (Å²) >= 11 is 0. The first-order valence-electron chi connectivity index (χ1n) is 12.1. The molecule has 2 aromatic heterocycles. The number of hydrogen-bond acceptors (Lipinski definition) is 8. The van der Waals surface area contributed by atoms with Gasteiger partial charge in [-0.2, -0.15) is 0 Å². The number of ether oxygens (including phenoxy) is 1. The average molecular weight is 510 g/mol. The molecular formula is C28H23N5O5. The van der Waals surface area contributed by atoms with Crippen molar-refractivity contribution in [3.05, 3.63) is 78.5 Å². The number of aryl methyl sites for hydroxylation is 1. The van der Waals surface area contributed by atoms with Gasteiger partial charge in [-0.3, -0.25) is 20.2 Å². The van der Waals surface area contributed by atoms with E-state index >= 15 is 0 Å². The van der Waals surface area contributed by atoms with E-state index in [0.29, 0.717) is 42.5 Å². The van der Waals surface area contributed by atoms with Gasteiger partial charge in [-0.1, -0.05) is 35.0 Å². The number of benzene rings is 2. The molecule has 1 spiro atoms. The van der Waals surface area contributed by atoms with Crippen LogP contribution in [0.25, 0.3) is 22.6 Å². The molecule has 190 valence electrons. The van der Waals surface area contributed by atoms with Crippen molar-refractivity contribution in [2.45, 2.75) is 25.3 Å². The zero-order valence-corrected chi connectivity index (χ0v) is 20.4. The van der Waals surface area contributed by atoms with Gasteiger partial charge < -0.3 is 14.2 Å². The fraction of sp³-hybridized carbons (Fsp3) is 0.179. The van der Waals surface area contributed by atoms with Crippen molar-refractivity contribution >= 4 is 23.5 Å². The number of pyridine rings is 1. The SMILES string of the molecule is Cc1ccc(-c2cc(-c3ccc(Oc4ccc(N5CCCC56C(=O)NC(=O)NC6=O)cn4)cc3)on2)cc1. The molecule has 2 aromatic carbocycles. The van der Waals surface area contributed by atoms with Gasteiger partial charge in [0.15, 0.2) is 11.3 Å². The van der Waals surface area contributed by atoms with E-state index in [0.717, 1.165) is 16.8 Å². The fourth-order valence-corrected chi connectivity index (χ4v) is 4.86. The predicted octanol–water partition coefficient (Wildman–Crippen LogP) is 4.21. The van der Waals surface area contributed by atoms with Crippen LogP contribution in [0, 0.1) is 6.92 Å². The number of nitrogens with zero attached hydrogens (tertiary/aromatic N) is 3. The molecule has 0 aliphatic carbocycles. The number of carbonyl (C=O) groups is 3. The Morgan fingerprint density at radius 3 is 2.32 bits per heavy atom. The highest BCUT2D eigenvalue weighted by atomic mass is 16.5. The van der Waals surface area contributed by atoms with E-state index in [4.69, 9.17) is 9.26 Å². The molecule has 0 bridgehead atoms. The van der Waals surface area contributed by atoms with Crippen LogP contribution < -0.4 is 20.3 Å². The molecule has 0 atom stereocenters. The molecule has 2 fully saturated rings. The molecule has 38 heavy (non-hydrogen) atoms. The maximum absolute atomic E-state index is 12.7. The van der Waals surface area contributed by atoms with Crippen molar-refractivity contribution in [3.63, 3.8) is 0 Å². The summed E-state index contributed by atoms with van der Waals surface area (Å²) < 4.78 is 11.4. The number of aromatic nitrogens is 2. The predicted molar refractivity (Wildman–Crippen MR) is 137 cm³/mol. The molecule has 2 saturated heterocycles. The van der Waals surface area contributed by atoms with Gasteiger partial charge >= 0.3 is 6.03 Å². The number of nitrogens with one attached hydrogen (secondary N) is 2. The van der Waals surface area contributed by atoms with Gasteiger partial charge in [0.2, 0.25) is 5.88 Å². The van der Waals surface area contributed by atoms with E-state index in [2.05, 4.69) is 20.8 Å². The van der Waals surface area contributed by atoms with E-state index in [1.807, 2.05) is 61.5 Å². The Labute approximate surface area is 217 Å². The highest BCUT2D eigenvalue weighted by Gasteiger charge is 2.57. The number of imide groups is 2. The number of rotatable bonds is 5. The highest BCUT2D eigenvalue weighted by Crippen LogP contribution is 2.36. The summed E-state index contributed by atoms with van der Waals surface area (Å²) in [7, 11) is 0. The lowest BCUT2D eigenvalue weighted by atomic mass is 9.92. The summed E-state index contributed by atoms with van der Waals surface area (Å²) in [6.45, 7) is 2.51. The second-order valence-corrected chi connectivity index (χ2v) is 9.28. The molecule has 2 aliphatic heterocycles. The fourth-order valence-electron chi connectivity index (χ4n) is 4.86. The Morgan fingerprint density at radius 1 is 0.921 bits per heavy atom. The molecule has 10 nitrogen and oxygen atoms in total. The van der Waals surface area contributed by atoms with E-state index in [1.54, 1.807) is 23.2 Å². The number of anilines is 1. The minimum Gasteiger partial charge on any atom is -0.439 e. The van der Waals surface area contributed by atoms with Crippen molar-refractivity contribution in [1.82, 2.24) is 20.8 Å². The lowest BCUT2D eigenvalue weighted by Gasteiger charge is -2.38. The van der Waals surface area contributed by atoms with E-state index in [-0.39, 0.29) is 0 Å². The van der Waals surface area contributed by atoms with Gasteiger partial charge in [0.25, 0.3) is 11.8 Å². The summed E-state index contributed by atoms with van der Waals surface area (Å²) in [4.78, 5) is 42.9. The van der Waals surface area contributed by atoms with Crippen LogP contribution in [0.15, 0.2) is 77.4 Å². The number of hydrogen-bond donors (Lipinski definition) is 2. The second kappa shape index (κ2) is 9.15. The molecule has 2 N–H and O–H groups in total. The van der Waals surface area contributed by atoms with Gasteiger partial charge in [0, 0.05) is 29.8 Å². The van der Waals surface area contributed by atoms with Crippen molar-refractivity contribution in [1.29, 1.82) is 0 Å². The standard InChI is InChI=1S/C28H23N5O5/c1-17-3-5-18(6-4-17)22-15-23(38-32-22)19-7-10-21(11-8-19)37-24-12-9-20(16-29-24)33-14-2-13-28(33)25(34)30-27(36)31-26(28)35/h3-12,15-16H,2,13-14H2,1H3,(H2,30,31,34,35,36). The molecule has 4 amide bonds. The third-order valence-electron chi connectivity index (χ3n) is 6.84. The largest absolute Gasteiger partial charge is 0.439 e. The quantitative estimate of drug-likeness (QED) is 0.383. The Kier molecular flexibility index (Phi) is 5.64. The van der Waals surface area contributed by atoms with Crippen LogP contribution in [0.2, 0.25) is 0 Å². The summed E-state index contributed by atoms with van der Waals surface area (Å²) in [5, 5.41) is 8.60. The van der Waals surface area contributed by atoms with Crippen LogP contribution in [-0.4, -0.2) is 40.1 Å². The minimum atomic E-state index is -1.46. The van der Waals surface area contributed by atoms with Gasteiger partial charge in [-0.05, 0) is 50.1 Å². The third kappa shape index (κ3) is 4.05. The second-order valence-electron chi connectivity index (χ2n) is 9.28. The maximum atomic E-state index is 12.7. The zero-order valence-electron chi connectivity index (χ0n) is 20.4. The maximum Gasteiger partial charge on any atom is 0.328 e. The number of barbiturate groups is 1. The first kappa shape index (κ1) is 23.4. The first-order chi connectivity index (χ1) is 18.4. The van der Waals surface area contributed by atoms with Gasteiger partial charge in [-0.25, -0.2) is 9.78 Å². The van der Waals surface area contributed by atoms with Gasteiger partial charge in [-0.15, -0.1) is 0 Å². The summed E-state index contributed by atoms with van der Waals surface area (Å²) in [5.41, 5.74) is 2.90. The Morgan fingerprint density at radius 2 is 1.63 bits per heavy atom. The van der Waals surface area contributed by atoms with Crippen molar-refractivity contribution in [3.8, 4) is 34.2 Å². The molecular weight excluding hydrogens is 486 g/mol. The van der Waals surface area contributed by atoms with Crippen molar-refractivity contribution in [2.75, 3.05) is 11.4 Å². The van der Waals surface area contributed by atoms with Crippen LogP contribution in [0.3, 0.4) is 0 Å². The average Bonchev–Trinajstić information content (AvgIpc) is 3.58. The molecule has 0 radical (unpaired) electrons. The Balaban J connectivity index is 1.15. The molecule has 6 rings (SSSR count). The molecule has 4 aromatic rings. The topological polar surface area (TPSA) is 127 Å². The van der Waals surface area contributed by atoms with Crippen LogP contribution in [-0.2, 0) is 9.59 Å². The Hall–Kier alpha value is -4.99. The van der Waals surface area contributed by atoms with Gasteiger partial charge in [0.05, 0.1) is 11.9 Å². The number of carbonyl (C=O) groups excluding carboxylic acids is 3. The molecule has 4 heterocycles. The molecule has 10 heteroatoms. The summed E-state index contributed by atoms with van der Waals surface area (Å²) in [6, 6.07) is 19.9. The zero-order chi connectivity index (χ0) is 26.3. The molecule has 0 saturated carbocycles. The van der Waals surface area contributed by atoms with Crippen LogP contribution in [0.5, 0.6) is 11.6 Å². The highest BCUT2D eigenvalue weighted by molar-refractivity contribution is 6.24. The van der Waals surface area contributed by atoms with Crippen LogP contribution in [0.1, 0.15) is 18.4 Å². The molecule has 2 aliphatic rings. The van der Waals surface area contributed by atoms with E-state index in [1.165, 1.54) is 5.56 Å². The van der Waals surface area contributed by atoms with Crippen LogP contribution in [0.4, 0.5) is 10.5 Å². The monoisotopic (exact) mass is 509 g/mol. The molecule has 0 unspecified atom stereocenters. The van der Waals surface area contributed by atoms with E-state index in [9.17, 15) is 14.4 Å². The number of urea groups is 1. The van der Waals surface area contributed by atoms with Gasteiger partial charge in [0.1, 0.15) is 11.4 Å². The van der Waals surface area contributed by atoms with Crippen LogP contribution >= 0.6 is 0 Å². The van der Waals surface area contributed by atoms with E-state index < -0.39 is 23.4 Å². The third-order valence-corrected chi connectivity index (χ3v) is 6.84. The minimum absolute atomic E-state index is 0.306. The number of amides is 4. The van der Waals surface area contributed by atoms with Crippen molar-refractivity contribution < 1.29 is 23.6 Å². The summed E-state index contributed by atoms with van der Waals surface area (Å²) in [6.07, 6.45) is 2.48. The first-order valence-corrected chi connectivity index (χ1v) is 12.1.